The molecule has 0 saturated heterocycles. The third kappa shape index (κ3) is 3.83. The number of allylic oxidation sites excluding steroid dienone is 5. The van der Waals surface area contributed by atoms with E-state index in [0.717, 1.165) is 0 Å². The largest absolute Gasteiger partial charge is 1.00 e. The molecule has 0 fully saturated rings. The number of aryl methyl sites for hydroxylation is 1. The summed E-state index contributed by atoms with van der Waals surface area (Å²) in [4.78, 5) is 0. The van der Waals surface area contributed by atoms with Crippen molar-refractivity contribution in [2.24, 2.45) is 0 Å². The summed E-state index contributed by atoms with van der Waals surface area (Å²) >= 11 is -0.230. The van der Waals surface area contributed by atoms with E-state index in [1.807, 2.05) is 5.30 Å². The van der Waals surface area contributed by atoms with Crippen LogP contribution in [-0.2, 0) is 32.0 Å². The summed E-state index contributed by atoms with van der Waals surface area (Å²) in [5, 5.41) is 6.83. The molecule has 1 aromatic heterocycles. The molecule has 0 spiro atoms. The first-order valence-electron chi connectivity index (χ1n) is 11.3. The fourth-order valence-corrected chi connectivity index (χ4v) is 12.1. The summed E-state index contributed by atoms with van der Waals surface area (Å²) in [5.74, 6) is 0. The standard InChI is InChI=1S/C21H18P.C7H9.2ClH.Ti/c1-2-8-16-14-17(13-15(16)7-1)22-20-11-5-3-9-18(20)19-10-4-6-12-21(19)22;1-6-4-3-5-7(6)2;;;/h1-3,5,7-9,11,13-14H,4,6,10,12H2;4H,3H2,1-2H3;2*1H;/q;;;;+2/p-2. The molecule has 3 aromatic rings. The van der Waals surface area contributed by atoms with Crippen molar-refractivity contribution >= 4 is 29.4 Å². The van der Waals surface area contributed by atoms with Gasteiger partial charge in [-0.1, -0.05) is 0 Å². The Morgan fingerprint density at radius 3 is 2.47 bits per heavy atom. The molecule has 0 N–H and O–H groups in total. The van der Waals surface area contributed by atoms with E-state index in [2.05, 4.69) is 74.5 Å². The van der Waals surface area contributed by atoms with Gasteiger partial charge in [-0.15, -0.1) is 0 Å². The number of fused-ring (bicyclic) bond motifs is 4. The third-order valence-corrected chi connectivity index (χ3v) is 13.4. The van der Waals surface area contributed by atoms with Crippen molar-refractivity contribution in [1.82, 2.24) is 0 Å². The molecular weight excluding hydrogens is 486 g/mol. The first-order valence-corrected chi connectivity index (χ1v) is 14.3. The van der Waals surface area contributed by atoms with E-state index in [1.54, 1.807) is 36.4 Å². The second-order valence-electron chi connectivity index (χ2n) is 8.96. The first kappa shape index (κ1) is 24.1. The Labute approximate surface area is 214 Å². The van der Waals surface area contributed by atoms with Gasteiger partial charge in [-0.3, -0.25) is 0 Å². The van der Waals surface area contributed by atoms with Crippen LogP contribution < -0.4 is 24.8 Å². The van der Waals surface area contributed by atoms with E-state index < -0.39 is 0 Å². The Bertz CT molecular complexity index is 1280. The van der Waals surface area contributed by atoms with Gasteiger partial charge in [0.1, 0.15) is 0 Å². The van der Waals surface area contributed by atoms with Gasteiger partial charge in [0.05, 0.1) is 0 Å². The minimum atomic E-state index is -0.318. The molecule has 0 bridgehead atoms. The van der Waals surface area contributed by atoms with Gasteiger partial charge in [-0.2, -0.15) is 0 Å². The molecule has 3 aliphatic rings. The fourth-order valence-electron chi connectivity index (χ4n) is 5.58. The molecule has 32 heavy (non-hydrogen) atoms. The number of rotatable bonds is 3. The Hall–Kier alpha value is -1.01. The predicted molar refractivity (Wildman–Crippen MR) is 128 cm³/mol. The second-order valence-corrected chi connectivity index (χ2v) is 13.5. The van der Waals surface area contributed by atoms with Crippen LogP contribution in [0.25, 0.3) is 21.9 Å². The van der Waals surface area contributed by atoms with Crippen molar-refractivity contribution < 1.29 is 44.0 Å². The van der Waals surface area contributed by atoms with E-state index in [0.29, 0.717) is 4.22 Å². The maximum absolute atomic E-state index is 2.61. The first-order chi connectivity index (χ1) is 14.7. The third-order valence-electron chi connectivity index (χ3n) is 7.32. The maximum Gasteiger partial charge on any atom is -1.00 e. The summed E-state index contributed by atoms with van der Waals surface area (Å²) in [6, 6.07) is 18.6. The normalized spacial score (nSPS) is 19.4. The van der Waals surface area contributed by atoms with Crippen LogP contribution in [0.5, 0.6) is 0 Å². The smallest absolute Gasteiger partial charge is 1.00 e. The quantitative estimate of drug-likeness (QED) is 0.473. The molecule has 4 heteroatoms. The Kier molecular flexibility index (Phi) is 7.31. The molecule has 3 aliphatic carbocycles. The van der Waals surface area contributed by atoms with Gasteiger partial charge in [0.2, 0.25) is 0 Å². The van der Waals surface area contributed by atoms with E-state index >= 15 is 0 Å². The SMILES string of the molecule is CC1=CC[C]([Ti+2][CH]2C(p3c4c(c5ccccc53)CCCC4)=Cc3ccccc32)=C1C.[Cl-].[Cl-]. The molecule has 0 nitrogen and oxygen atoms in total. The molecule has 2 aromatic carbocycles. The number of hydrogen-bond donors (Lipinski definition) is 0. The zero-order chi connectivity index (χ0) is 20.2. The minimum absolute atomic E-state index is 0. The number of benzene rings is 2. The Balaban J connectivity index is 0.00000122. The van der Waals surface area contributed by atoms with E-state index in [-0.39, 0.29) is 51.5 Å². The predicted octanol–water partition coefficient (Wildman–Crippen LogP) is 2.47. The van der Waals surface area contributed by atoms with Gasteiger partial charge in [0.25, 0.3) is 0 Å². The van der Waals surface area contributed by atoms with Crippen molar-refractivity contribution in [3.05, 3.63) is 91.6 Å². The van der Waals surface area contributed by atoms with Gasteiger partial charge < -0.3 is 24.8 Å². The summed E-state index contributed by atoms with van der Waals surface area (Å²) in [6.45, 7) is 4.66. The average molecular weight is 513 g/mol. The molecule has 0 saturated carbocycles. The van der Waals surface area contributed by atoms with Crippen LogP contribution in [-0.4, -0.2) is 0 Å². The van der Waals surface area contributed by atoms with Crippen LogP contribution in [0.4, 0.5) is 0 Å². The number of hydrogen-bond acceptors (Lipinski definition) is 0. The summed E-state index contributed by atoms with van der Waals surface area (Å²) < 4.78 is 2.44. The molecule has 0 amide bonds. The molecule has 6 rings (SSSR count). The zero-order valence-electron chi connectivity index (χ0n) is 18.6. The van der Waals surface area contributed by atoms with Gasteiger partial charge in [0.15, 0.2) is 0 Å². The van der Waals surface area contributed by atoms with Crippen molar-refractivity contribution in [3.63, 3.8) is 0 Å². The van der Waals surface area contributed by atoms with Crippen molar-refractivity contribution in [2.75, 3.05) is 0 Å². The van der Waals surface area contributed by atoms with E-state index in [9.17, 15) is 0 Å². The maximum atomic E-state index is 2.61. The van der Waals surface area contributed by atoms with Crippen LogP contribution in [0.3, 0.4) is 0 Å². The summed E-state index contributed by atoms with van der Waals surface area (Å²) in [6.07, 6.45) is 11.6. The van der Waals surface area contributed by atoms with Crippen LogP contribution in [0.15, 0.2) is 69.6 Å². The average Bonchev–Trinajstić information content (AvgIpc) is 3.41. The van der Waals surface area contributed by atoms with Crippen molar-refractivity contribution in [1.29, 1.82) is 0 Å². The number of halogens is 2. The Morgan fingerprint density at radius 1 is 0.906 bits per heavy atom. The minimum Gasteiger partial charge on any atom is -1.00 e. The van der Waals surface area contributed by atoms with Gasteiger partial charge in [0, 0.05) is 0 Å². The molecule has 0 aliphatic heterocycles. The van der Waals surface area contributed by atoms with Crippen molar-refractivity contribution in [2.45, 2.75) is 50.2 Å². The van der Waals surface area contributed by atoms with Crippen molar-refractivity contribution in [3.8, 4) is 0 Å². The van der Waals surface area contributed by atoms with Crippen LogP contribution in [0.2, 0.25) is 0 Å². The topological polar surface area (TPSA) is 0 Å². The molecule has 0 radical (unpaired) electrons. The molecule has 1 heterocycles. The van der Waals surface area contributed by atoms with Gasteiger partial charge in [-0.05, 0) is 0 Å². The summed E-state index contributed by atoms with van der Waals surface area (Å²) in [7, 11) is -0.318. The van der Waals surface area contributed by atoms with E-state index in [4.69, 9.17) is 0 Å². The van der Waals surface area contributed by atoms with Crippen LogP contribution in [0.1, 0.15) is 59.3 Å². The summed E-state index contributed by atoms with van der Waals surface area (Å²) in [5.41, 5.74) is 7.93. The monoisotopic (exact) mass is 512 g/mol. The van der Waals surface area contributed by atoms with Gasteiger partial charge in [-0.25, -0.2) is 0 Å². The van der Waals surface area contributed by atoms with E-state index in [1.165, 1.54) is 43.2 Å². The molecule has 162 valence electrons. The Morgan fingerprint density at radius 2 is 1.66 bits per heavy atom. The zero-order valence-corrected chi connectivity index (χ0v) is 22.6. The molecular formula is C28H27Cl2PTi. The van der Waals surface area contributed by atoms with Gasteiger partial charge >= 0.3 is 190 Å². The molecule has 2 unspecified atom stereocenters. The molecule has 2 atom stereocenters. The van der Waals surface area contributed by atoms with Crippen LogP contribution in [0, 0.1) is 0 Å². The van der Waals surface area contributed by atoms with Crippen LogP contribution >= 0.6 is 7.53 Å². The fraction of sp³-hybridized carbons (Fsp3) is 0.286. The second kappa shape index (κ2) is 9.70.